The zero-order chi connectivity index (χ0) is 37.1. The van der Waals surface area contributed by atoms with Gasteiger partial charge in [-0.05, 0) is 59.2 Å². The lowest BCUT2D eigenvalue weighted by Crippen LogP contribution is -2.17. The summed E-state index contributed by atoms with van der Waals surface area (Å²) >= 11 is 0. The number of oxazole rings is 1. The van der Waals surface area contributed by atoms with Crippen molar-refractivity contribution in [1.82, 2.24) is 24.5 Å². The summed E-state index contributed by atoms with van der Waals surface area (Å²) in [4.78, 5) is 20.0. The van der Waals surface area contributed by atoms with E-state index in [1.165, 1.54) is 22.1 Å². The quantitative estimate of drug-likeness (QED) is 0.177. The molecule has 2 aliphatic carbocycles. The van der Waals surface area contributed by atoms with Gasteiger partial charge in [0.25, 0.3) is 0 Å². The van der Waals surface area contributed by atoms with E-state index in [0.717, 1.165) is 71.5 Å². The second-order valence-corrected chi connectivity index (χ2v) is 15.2. The molecule has 0 fully saturated rings. The molecule has 0 saturated carbocycles. The Morgan fingerprint density at radius 1 is 0.536 bits per heavy atom. The van der Waals surface area contributed by atoms with Gasteiger partial charge in [-0.15, -0.1) is 0 Å². The van der Waals surface area contributed by atoms with Crippen molar-refractivity contribution in [1.29, 1.82) is 0 Å². The molecular formula is C50H31N5O. The van der Waals surface area contributed by atoms with Crippen LogP contribution < -0.4 is 10.4 Å². The van der Waals surface area contributed by atoms with E-state index in [0.29, 0.717) is 23.4 Å². The minimum atomic E-state index is -0.251. The van der Waals surface area contributed by atoms with E-state index in [4.69, 9.17) is 24.4 Å². The third-order valence-corrected chi connectivity index (χ3v) is 11.5. The normalized spacial score (nSPS) is 13.3. The molecule has 6 heteroatoms. The first-order chi connectivity index (χ1) is 27.5. The van der Waals surface area contributed by atoms with Crippen molar-refractivity contribution in [2.24, 2.45) is 0 Å². The van der Waals surface area contributed by atoms with Gasteiger partial charge >= 0.3 is 0 Å². The Balaban J connectivity index is 1.04. The zero-order valence-corrected chi connectivity index (χ0v) is 30.6. The Bertz CT molecular complexity index is 3360. The van der Waals surface area contributed by atoms with Crippen molar-refractivity contribution in [3.63, 3.8) is 0 Å². The average molecular weight is 718 g/mol. The molecule has 0 saturated heterocycles. The van der Waals surface area contributed by atoms with Gasteiger partial charge < -0.3 is 8.98 Å². The van der Waals surface area contributed by atoms with Crippen molar-refractivity contribution < 1.29 is 4.42 Å². The second kappa shape index (κ2) is 11.3. The SMILES string of the molecule is CC1(C)c2cc(-n3c4ccccc4c4cc(-c5nc(-c6ccccc6)nc(-c6ccccc6)n5)c5c(c43)=C=5)ccc2-c2c1ccc1nc(-c3ccccc3)oc21. The van der Waals surface area contributed by atoms with E-state index in [9.17, 15) is 0 Å². The summed E-state index contributed by atoms with van der Waals surface area (Å²) in [5.74, 6) is 2.57. The molecule has 6 nitrogen and oxygen atoms in total. The van der Waals surface area contributed by atoms with Gasteiger partial charge in [0.15, 0.2) is 23.1 Å². The number of fused-ring (bicyclic) bond motifs is 10. The summed E-state index contributed by atoms with van der Waals surface area (Å²) in [6.07, 6.45) is 0. The lowest BCUT2D eigenvalue weighted by molar-refractivity contribution is 0.618. The van der Waals surface area contributed by atoms with Crippen LogP contribution in [0, 0.1) is 0 Å². The van der Waals surface area contributed by atoms with Gasteiger partial charge in [-0.25, -0.2) is 19.9 Å². The van der Waals surface area contributed by atoms with Crippen molar-refractivity contribution in [3.8, 4) is 62.4 Å². The minimum Gasteiger partial charge on any atom is -0.435 e. The van der Waals surface area contributed by atoms with Crippen LogP contribution in [0.1, 0.15) is 25.0 Å². The molecule has 7 aromatic carbocycles. The molecule has 0 unspecified atom stereocenters. The molecule has 3 aromatic heterocycles. The summed E-state index contributed by atoms with van der Waals surface area (Å²) in [5.41, 5.74) is 17.2. The maximum absolute atomic E-state index is 6.56. The molecule has 10 aromatic rings. The lowest BCUT2D eigenvalue weighted by Gasteiger charge is -2.22. The molecule has 3 heterocycles. The van der Waals surface area contributed by atoms with Gasteiger partial charge in [0.05, 0.1) is 16.3 Å². The van der Waals surface area contributed by atoms with Crippen LogP contribution in [0.3, 0.4) is 0 Å². The number of rotatable bonds is 5. The highest BCUT2D eigenvalue weighted by atomic mass is 16.3. The first-order valence-corrected chi connectivity index (χ1v) is 18.9. The Labute approximate surface area is 321 Å². The van der Waals surface area contributed by atoms with E-state index in [1.807, 2.05) is 91.0 Å². The lowest BCUT2D eigenvalue weighted by atomic mass is 9.82. The van der Waals surface area contributed by atoms with Gasteiger partial charge in [0, 0.05) is 54.9 Å². The topological polar surface area (TPSA) is 69.6 Å². The maximum atomic E-state index is 6.56. The van der Waals surface area contributed by atoms with E-state index in [1.54, 1.807) is 0 Å². The van der Waals surface area contributed by atoms with Gasteiger partial charge in [-0.2, -0.15) is 0 Å². The number of para-hydroxylation sites is 1. The largest absolute Gasteiger partial charge is 0.435 e. The average Bonchev–Trinajstić information content (AvgIpc) is 3.73. The number of aromatic nitrogens is 5. The summed E-state index contributed by atoms with van der Waals surface area (Å²) in [6, 6.07) is 52.5. The number of nitrogens with zero attached hydrogens (tertiary/aromatic N) is 5. The highest BCUT2D eigenvalue weighted by Crippen LogP contribution is 2.52. The molecular weight excluding hydrogens is 687 g/mol. The summed E-state index contributed by atoms with van der Waals surface area (Å²) in [6.45, 7) is 4.62. The third-order valence-electron chi connectivity index (χ3n) is 11.5. The Morgan fingerprint density at radius 2 is 1.18 bits per heavy atom. The van der Waals surface area contributed by atoms with E-state index < -0.39 is 0 Å². The first kappa shape index (κ1) is 31.0. The van der Waals surface area contributed by atoms with Gasteiger partial charge in [0.1, 0.15) is 5.52 Å². The summed E-state index contributed by atoms with van der Waals surface area (Å²) in [7, 11) is 0. The molecule has 0 bridgehead atoms. The Hall–Kier alpha value is -7.40. The standard InChI is InChI=1S/C50H31N5O/c1-50(2)39-24-25-41-45(56-49(51-41)31-18-10-5-11-19-31)43(39)34-23-22-32(26-40(34)50)55-42-21-13-12-20-33(42)36-28-38(35-27-37(35)44(36)55)48-53-46(29-14-6-3-7-15-29)52-47(54-48)30-16-8-4-9-17-30/h3-26,28H,1-2H3. The zero-order valence-electron chi connectivity index (χ0n) is 30.6. The number of hydrogen-bond acceptors (Lipinski definition) is 5. The highest BCUT2D eigenvalue weighted by Gasteiger charge is 2.38. The molecule has 12 rings (SSSR count). The first-order valence-electron chi connectivity index (χ1n) is 18.9. The predicted octanol–water partition coefficient (Wildman–Crippen LogP) is 10.1. The van der Waals surface area contributed by atoms with Crippen LogP contribution in [0.4, 0.5) is 0 Å². The minimum absolute atomic E-state index is 0.251. The summed E-state index contributed by atoms with van der Waals surface area (Å²) < 4.78 is 8.97. The van der Waals surface area contributed by atoms with Crippen LogP contribution in [0.25, 0.3) is 101 Å². The smallest absolute Gasteiger partial charge is 0.227 e. The number of hydrogen-bond donors (Lipinski definition) is 0. The van der Waals surface area contributed by atoms with Gasteiger partial charge in [-0.3, -0.25) is 0 Å². The highest BCUT2D eigenvalue weighted by molar-refractivity contribution is 6.11. The molecule has 0 amide bonds. The summed E-state index contributed by atoms with van der Waals surface area (Å²) in [5, 5.41) is 4.45. The Morgan fingerprint density at radius 3 is 1.89 bits per heavy atom. The molecule has 2 aliphatic rings. The van der Waals surface area contributed by atoms with Crippen LogP contribution in [0.5, 0.6) is 0 Å². The van der Waals surface area contributed by atoms with Crippen LogP contribution in [-0.2, 0) is 5.41 Å². The van der Waals surface area contributed by atoms with Crippen molar-refractivity contribution in [2.75, 3.05) is 0 Å². The molecule has 0 radical (unpaired) electrons. The van der Waals surface area contributed by atoms with E-state index in [2.05, 4.69) is 84.8 Å². The molecule has 0 aliphatic heterocycles. The van der Waals surface area contributed by atoms with Crippen LogP contribution in [0.2, 0.25) is 0 Å². The van der Waals surface area contributed by atoms with Gasteiger partial charge in [-0.1, -0.05) is 129 Å². The molecule has 262 valence electrons. The molecule has 0 spiro atoms. The maximum Gasteiger partial charge on any atom is 0.227 e. The second-order valence-electron chi connectivity index (χ2n) is 15.2. The van der Waals surface area contributed by atoms with Crippen molar-refractivity contribution >= 4 is 38.6 Å². The molecule has 0 N–H and O–H groups in total. The fourth-order valence-corrected chi connectivity index (χ4v) is 8.76. The monoisotopic (exact) mass is 717 g/mol. The number of benzene rings is 7. The van der Waals surface area contributed by atoms with Crippen LogP contribution >= 0.6 is 0 Å². The molecule has 56 heavy (non-hydrogen) atoms. The van der Waals surface area contributed by atoms with E-state index >= 15 is 0 Å². The fraction of sp³-hybridized carbons (Fsp3) is 0.0600. The third kappa shape index (κ3) is 4.45. The van der Waals surface area contributed by atoms with Crippen molar-refractivity contribution in [3.05, 3.63) is 173 Å². The fourth-order valence-electron chi connectivity index (χ4n) is 8.76. The van der Waals surface area contributed by atoms with Crippen LogP contribution in [0.15, 0.2) is 156 Å². The predicted molar refractivity (Wildman–Crippen MR) is 223 cm³/mol. The van der Waals surface area contributed by atoms with E-state index in [-0.39, 0.29) is 5.41 Å². The Kier molecular flexibility index (Phi) is 6.26. The van der Waals surface area contributed by atoms with Crippen molar-refractivity contribution in [2.45, 2.75) is 19.3 Å². The van der Waals surface area contributed by atoms with Gasteiger partial charge in [0.2, 0.25) is 5.89 Å². The molecule has 0 atom stereocenters. The van der Waals surface area contributed by atoms with Crippen LogP contribution in [-0.4, -0.2) is 24.5 Å².